The second kappa shape index (κ2) is 5.10. The van der Waals surface area contributed by atoms with Gasteiger partial charge in [-0.3, -0.25) is 0 Å². The summed E-state index contributed by atoms with van der Waals surface area (Å²) in [5.41, 5.74) is 1.84. The van der Waals surface area contributed by atoms with Crippen LogP contribution in [0.2, 0.25) is 0 Å². The van der Waals surface area contributed by atoms with Crippen molar-refractivity contribution in [2.75, 3.05) is 0 Å². The van der Waals surface area contributed by atoms with Crippen LogP contribution in [0.1, 0.15) is 11.3 Å². The van der Waals surface area contributed by atoms with Gasteiger partial charge in [0.2, 0.25) is 0 Å². The summed E-state index contributed by atoms with van der Waals surface area (Å²) in [4.78, 5) is 0. The Morgan fingerprint density at radius 2 is 1.84 bits per heavy atom. The van der Waals surface area contributed by atoms with Gasteiger partial charge in [0.05, 0.1) is 4.47 Å². The van der Waals surface area contributed by atoms with E-state index in [-0.39, 0.29) is 0 Å². The fourth-order valence-electron chi connectivity index (χ4n) is 2.18. The standard InChI is InChI=1S/C16H13BrO2/c17-14-6-3-5-11(16(14)18)8-9-13-10-12-4-1-2-7-15(12)19-13/h1-7,10,18H,8-9H2. The van der Waals surface area contributed by atoms with Crippen LogP contribution in [0.15, 0.2) is 57.4 Å². The average molecular weight is 317 g/mol. The molecule has 0 radical (unpaired) electrons. The number of phenols is 1. The molecule has 0 atom stereocenters. The van der Waals surface area contributed by atoms with Crippen molar-refractivity contribution in [1.82, 2.24) is 0 Å². The Morgan fingerprint density at radius 1 is 1.00 bits per heavy atom. The highest BCUT2D eigenvalue weighted by Crippen LogP contribution is 2.29. The third-order valence-corrected chi connectivity index (χ3v) is 3.83. The molecule has 0 aliphatic carbocycles. The quantitative estimate of drug-likeness (QED) is 0.760. The molecule has 0 unspecified atom stereocenters. The van der Waals surface area contributed by atoms with Crippen LogP contribution in [0.4, 0.5) is 0 Å². The van der Waals surface area contributed by atoms with Crippen molar-refractivity contribution in [2.24, 2.45) is 0 Å². The topological polar surface area (TPSA) is 33.4 Å². The van der Waals surface area contributed by atoms with Crippen LogP contribution in [-0.2, 0) is 12.8 Å². The van der Waals surface area contributed by atoms with Gasteiger partial charge in [-0.05, 0) is 46.1 Å². The summed E-state index contributed by atoms with van der Waals surface area (Å²) in [6.07, 6.45) is 1.53. The lowest BCUT2D eigenvalue weighted by Gasteiger charge is -2.04. The summed E-state index contributed by atoms with van der Waals surface area (Å²) in [5.74, 6) is 1.26. The predicted octanol–water partition coefficient (Wildman–Crippen LogP) is 4.69. The fourth-order valence-corrected chi connectivity index (χ4v) is 2.59. The van der Waals surface area contributed by atoms with Crippen molar-refractivity contribution >= 4 is 26.9 Å². The third-order valence-electron chi connectivity index (χ3n) is 3.19. The van der Waals surface area contributed by atoms with E-state index in [1.54, 1.807) is 0 Å². The van der Waals surface area contributed by atoms with Gasteiger partial charge in [0.25, 0.3) is 0 Å². The van der Waals surface area contributed by atoms with Crippen molar-refractivity contribution < 1.29 is 9.52 Å². The smallest absolute Gasteiger partial charge is 0.134 e. The van der Waals surface area contributed by atoms with E-state index < -0.39 is 0 Å². The molecular formula is C16H13BrO2. The van der Waals surface area contributed by atoms with Crippen LogP contribution in [0.3, 0.4) is 0 Å². The van der Waals surface area contributed by atoms with E-state index in [2.05, 4.69) is 22.0 Å². The first-order valence-electron chi connectivity index (χ1n) is 6.18. The third kappa shape index (κ3) is 2.51. The van der Waals surface area contributed by atoms with Gasteiger partial charge in [-0.25, -0.2) is 0 Å². The second-order valence-corrected chi connectivity index (χ2v) is 5.35. The summed E-state index contributed by atoms with van der Waals surface area (Å²) < 4.78 is 6.50. The van der Waals surface area contributed by atoms with Crippen LogP contribution in [-0.4, -0.2) is 5.11 Å². The molecule has 0 amide bonds. The van der Waals surface area contributed by atoms with Crippen LogP contribution < -0.4 is 0 Å². The Kier molecular flexibility index (Phi) is 3.30. The Hall–Kier alpha value is -1.74. The lowest BCUT2D eigenvalue weighted by Crippen LogP contribution is -1.90. The van der Waals surface area contributed by atoms with Gasteiger partial charge >= 0.3 is 0 Å². The Morgan fingerprint density at radius 3 is 2.68 bits per heavy atom. The summed E-state index contributed by atoms with van der Waals surface area (Å²) in [5, 5.41) is 11.1. The number of fused-ring (bicyclic) bond motifs is 1. The highest BCUT2D eigenvalue weighted by molar-refractivity contribution is 9.10. The molecule has 0 aliphatic rings. The maximum Gasteiger partial charge on any atom is 0.134 e. The van der Waals surface area contributed by atoms with Crippen LogP contribution in [0.5, 0.6) is 5.75 Å². The van der Waals surface area contributed by atoms with Gasteiger partial charge in [0, 0.05) is 11.8 Å². The lowest BCUT2D eigenvalue weighted by molar-refractivity contribution is 0.462. The van der Waals surface area contributed by atoms with E-state index in [0.29, 0.717) is 5.75 Å². The number of halogens is 1. The predicted molar refractivity (Wildman–Crippen MR) is 79.4 cm³/mol. The van der Waals surface area contributed by atoms with Crippen LogP contribution >= 0.6 is 15.9 Å². The molecule has 3 aromatic rings. The zero-order chi connectivity index (χ0) is 13.2. The van der Waals surface area contributed by atoms with E-state index in [4.69, 9.17) is 4.42 Å². The highest BCUT2D eigenvalue weighted by Gasteiger charge is 2.07. The van der Waals surface area contributed by atoms with E-state index in [9.17, 15) is 5.11 Å². The molecule has 0 bridgehead atoms. The van der Waals surface area contributed by atoms with Gasteiger partial charge in [-0.15, -0.1) is 0 Å². The average Bonchev–Trinajstić information content (AvgIpc) is 2.83. The number of aryl methyl sites for hydroxylation is 2. The van der Waals surface area contributed by atoms with E-state index in [1.807, 2.05) is 42.5 Å². The number of para-hydroxylation sites is 2. The summed E-state index contributed by atoms with van der Waals surface area (Å²) >= 11 is 3.33. The van der Waals surface area contributed by atoms with Crippen molar-refractivity contribution in [3.63, 3.8) is 0 Å². The van der Waals surface area contributed by atoms with E-state index in [0.717, 1.165) is 39.6 Å². The summed E-state index contributed by atoms with van der Waals surface area (Å²) in [7, 11) is 0. The van der Waals surface area contributed by atoms with E-state index in [1.165, 1.54) is 0 Å². The normalized spacial score (nSPS) is 11.0. The molecule has 2 aromatic carbocycles. The number of aromatic hydroxyl groups is 1. The number of hydrogen-bond donors (Lipinski definition) is 1. The minimum atomic E-state index is 0.318. The number of rotatable bonds is 3. The molecule has 0 spiro atoms. The highest BCUT2D eigenvalue weighted by atomic mass is 79.9. The number of phenolic OH excluding ortho intramolecular Hbond substituents is 1. The van der Waals surface area contributed by atoms with Gasteiger partial charge in [-0.2, -0.15) is 0 Å². The maximum absolute atomic E-state index is 9.94. The Bertz CT molecular complexity index is 683. The number of hydrogen-bond acceptors (Lipinski definition) is 2. The number of furan rings is 1. The van der Waals surface area contributed by atoms with Crippen molar-refractivity contribution in [3.05, 3.63) is 64.3 Å². The molecule has 1 aromatic heterocycles. The molecular weight excluding hydrogens is 304 g/mol. The van der Waals surface area contributed by atoms with Gasteiger partial charge in [-0.1, -0.05) is 30.3 Å². The molecule has 96 valence electrons. The Labute approximate surface area is 119 Å². The van der Waals surface area contributed by atoms with Gasteiger partial charge in [0.1, 0.15) is 17.1 Å². The van der Waals surface area contributed by atoms with Crippen LogP contribution in [0.25, 0.3) is 11.0 Å². The molecule has 2 nitrogen and oxygen atoms in total. The molecule has 0 fully saturated rings. The van der Waals surface area contributed by atoms with Gasteiger partial charge in [0.15, 0.2) is 0 Å². The minimum Gasteiger partial charge on any atom is -0.506 e. The second-order valence-electron chi connectivity index (χ2n) is 4.50. The molecule has 1 N–H and O–H groups in total. The van der Waals surface area contributed by atoms with Crippen LogP contribution in [0, 0.1) is 0 Å². The summed E-state index contributed by atoms with van der Waals surface area (Å²) in [6, 6.07) is 15.7. The maximum atomic E-state index is 9.94. The first kappa shape index (κ1) is 12.3. The lowest BCUT2D eigenvalue weighted by atomic mass is 10.1. The fraction of sp³-hybridized carbons (Fsp3) is 0.125. The minimum absolute atomic E-state index is 0.318. The van der Waals surface area contributed by atoms with Crippen molar-refractivity contribution in [3.8, 4) is 5.75 Å². The van der Waals surface area contributed by atoms with Gasteiger partial charge < -0.3 is 9.52 Å². The molecule has 1 heterocycles. The molecule has 3 heteroatoms. The van der Waals surface area contributed by atoms with E-state index >= 15 is 0 Å². The SMILES string of the molecule is Oc1c(Br)cccc1CCc1cc2ccccc2o1. The number of benzene rings is 2. The molecule has 19 heavy (non-hydrogen) atoms. The monoisotopic (exact) mass is 316 g/mol. The van der Waals surface area contributed by atoms with Crippen molar-refractivity contribution in [1.29, 1.82) is 0 Å². The molecule has 0 saturated heterocycles. The summed E-state index contributed by atoms with van der Waals surface area (Å²) in [6.45, 7) is 0. The first-order valence-corrected chi connectivity index (χ1v) is 6.97. The zero-order valence-electron chi connectivity index (χ0n) is 10.3. The molecule has 3 rings (SSSR count). The molecule has 0 aliphatic heterocycles. The zero-order valence-corrected chi connectivity index (χ0v) is 11.9. The molecule has 0 saturated carbocycles. The Balaban J connectivity index is 1.80. The van der Waals surface area contributed by atoms with Crippen molar-refractivity contribution in [2.45, 2.75) is 12.8 Å². The first-order chi connectivity index (χ1) is 9.24. The largest absolute Gasteiger partial charge is 0.506 e.